The Morgan fingerprint density at radius 3 is 2.07 bits per heavy atom. The fourth-order valence-electron chi connectivity index (χ4n) is 5.33. The molecule has 0 radical (unpaired) electrons. The highest BCUT2D eigenvalue weighted by Crippen LogP contribution is 2.27. The van der Waals surface area contributed by atoms with E-state index < -0.39 is 34.3 Å². The monoisotopic (exact) mass is 607 g/mol. The summed E-state index contributed by atoms with van der Waals surface area (Å²) in [7, 11) is -4.14. The molecule has 3 aromatic rings. The fourth-order valence-corrected chi connectivity index (χ4v) is 6.74. The highest BCUT2D eigenvalue weighted by molar-refractivity contribution is 7.92. The van der Waals surface area contributed by atoms with Crippen LogP contribution in [0.4, 0.5) is 10.1 Å². The zero-order chi connectivity index (χ0) is 31.1. The van der Waals surface area contributed by atoms with Crippen LogP contribution in [0.1, 0.15) is 75.5 Å². The Hall–Kier alpha value is -3.72. The summed E-state index contributed by atoms with van der Waals surface area (Å²) in [5, 5.41) is 3.09. The predicted octanol–water partition coefficient (Wildman–Crippen LogP) is 6.32. The van der Waals surface area contributed by atoms with E-state index >= 15 is 0 Å². The van der Waals surface area contributed by atoms with Crippen molar-refractivity contribution in [3.05, 3.63) is 95.3 Å². The molecule has 0 heterocycles. The third kappa shape index (κ3) is 8.22. The van der Waals surface area contributed by atoms with Gasteiger partial charge in [0.25, 0.3) is 10.0 Å². The molecular weight excluding hydrogens is 565 g/mol. The van der Waals surface area contributed by atoms with E-state index in [1.54, 1.807) is 43.3 Å². The van der Waals surface area contributed by atoms with E-state index in [-0.39, 0.29) is 29.3 Å². The van der Waals surface area contributed by atoms with E-state index in [4.69, 9.17) is 0 Å². The minimum absolute atomic E-state index is 0.0169. The van der Waals surface area contributed by atoms with Crippen LogP contribution in [0.5, 0.6) is 0 Å². The van der Waals surface area contributed by atoms with Crippen molar-refractivity contribution in [2.45, 2.75) is 89.2 Å². The van der Waals surface area contributed by atoms with Gasteiger partial charge in [-0.05, 0) is 80.1 Å². The molecule has 1 aliphatic rings. The van der Waals surface area contributed by atoms with Gasteiger partial charge in [0, 0.05) is 12.6 Å². The van der Waals surface area contributed by atoms with Crippen molar-refractivity contribution in [1.29, 1.82) is 0 Å². The number of carbonyl (C=O) groups excluding carboxylic acids is 2. The van der Waals surface area contributed by atoms with Crippen LogP contribution >= 0.6 is 0 Å². The Morgan fingerprint density at radius 2 is 1.49 bits per heavy atom. The molecule has 9 heteroatoms. The number of amides is 2. The maximum absolute atomic E-state index is 14.1. The Bertz CT molecular complexity index is 1480. The maximum Gasteiger partial charge on any atom is 0.264 e. The molecule has 43 heavy (non-hydrogen) atoms. The largest absolute Gasteiger partial charge is 0.352 e. The number of hydrogen-bond acceptors (Lipinski definition) is 4. The summed E-state index contributed by atoms with van der Waals surface area (Å²) in [5.41, 5.74) is 2.92. The van der Waals surface area contributed by atoms with Crippen molar-refractivity contribution in [2.75, 3.05) is 10.8 Å². The van der Waals surface area contributed by atoms with E-state index in [9.17, 15) is 22.4 Å². The molecule has 230 valence electrons. The molecule has 4 rings (SSSR count). The Balaban J connectivity index is 1.68. The lowest BCUT2D eigenvalue weighted by molar-refractivity contribution is -0.139. The average molecular weight is 608 g/mol. The molecule has 1 aliphatic carbocycles. The summed E-state index contributed by atoms with van der Waals surface area (Å²) in [6.45, 7) is 7.12. The van der Waals surface area contributed by atoms with E-state index in [2.05, 4.69) is 5.32 Å². The standard InChI is InChI=1S/C34H42FN3O4S/c1-24(2)28-14-18-31(19-15-28)38(43(41,42)32-20-10-25(3)11-21-32)23-33(39)37(22-27-12-16-29(35)17-13-27)26(4)34(40)36-30-8-6-5-7-9-30/h10-21,24,26,30H,5-9,22-23H2,1-4H3,(H,36,40)/t26-/m0/s1. The summed E-state index contributed by atoms with van der Waals surface area (Å²) in [4.78, 5) is 29.0. The predicted molar refractivity (Wildman–Crippen MR) is 168 cm³/mol. The first-order chi connectivity index (χ1) is 20.5. The maximum atomic E-state index is 14.1. The number of hydrogen-bond donors (Lipinski definition) is 1. The van der Waals surface area contributed by atoms with E-state index in [1.165, 1.54) is 29.2 Å². The molecule has 1 saturated carbocycles. The van der Waals surface area contributed by atoms with Crippen LogP contribution in [0.25, 0.3) is 0 Å². The minimum atomic E-state index is -4.14. The molecule has 7 nitrogen and oxygen atoms in total. The molecule has 0 saturated heterocycles. The van der Waals surface area contributed by atoms with Gasteiger partial charge in [0.2, 0.25) is 11.8 Å². The molecule has 0 bridgehead atoms. The fraction of sp³-hybridized carbons (Fsp3) is 0.412. The van der Waals surface area contributed by atoms with Gasteiger partial charge in [0.05, 0.1) is 10.6 Å². The lowest BCUT2D eigenvalue weighted by Crippen LogP contribution is -2.53. The van der Waals surface area contributed by atoms with Crippen LogP contribution in [0, 0.1) is 12.7 Å². The molecule has 0 unspecified atom stereocenters. The average Bonchev–Trinajstić information content (AvgIpc) is 2.99. The van der Waals surface area contributed by atoms with Crippen molar-refractivity contribution in [3.8, 4) is 0 Å². The van der Waals surface area contributed by atoms with Crippen LogP contribution in [0.15, 0.2) is 77.7 Å². The Kier molecular flexibility index (Phi) is 10.6. The van der Waals surface area contributed by atoms with Crippen molar-refractivity contribution in [3.63, 3.8) is 0 Å². The van der Waals surface area contributed by atoms with Crippen molar-refractivity contribution < 1.29 is 22.4 Å². The molecule has 0 spiro atoms. The van der Waals surface area contributed by atoms with Gasteiger partial charge in [0.15, 0.2) is 0 Å². The number of sulfonamides is 1. The minimum Gasteiger partial charge on any atom is -0.352 e. The third-order valence-electron chi connectivity index (χ3n) is 8.12. The van der Waals surface area contributed by atoms with Crippen molar-refractivity contribution >= 4 is 27.5 Å². The molecular formula is C34H42FN3O4S. The van der Waals surface area contributed by atoms with Crippen LogP contribution in [-0.2, 0) is 26.2 Å². The second kappa shape index (κ2) is 14.2. The summed E-state index contributed by atoms with van der Waals surface area (Å²) in [5.74, 6) is -1.01. The summed E-state index contributed by atoms with van der Waals surface area (Å²) in [6.07, 6.45) is 5.00. The summed E-state index contributed by atoms with van der Waals surface area (Å²) < 4.78 is 42.8. The van der Waals surface area contributed by atoms with Gasteiger partial charge in [-0.1, -0.05) is 75.1 Å². The number of halogens is 1. The first-order valence-corrected chi connectivity index (χ1v) is 16.4. The third-order valence-corrected chi connectivity index (χ3v) is 9.91. The summed E-state index contributed by atoms with van der Waals surface area (Å²) >= 11 is 0. The topological polar surface area (TPSA) is 86.8 Å². The number of anilines is 1. The zero-order valence-electron chi connectivity index (χ0n) is 25.4. The van der Waals surface area contributed by atoms with Crippen LogP contribution in [0.2, 0.25) is 0 Å². The van der Waals surface area contributed by atoms with Gasteiger partial charge in [-0.2, -0.15) is 0 Å². The first-order valence-electron chi connectivity index (χ1n) is 15.0. The van der Waals surface area contributed by atoms with Gasteiger partial charge in [0.1, 0.15) is 18.4 Å². The quantitative estimate of drug-likeness (QED) is 0.277. The van der Waals surface area contributed by atoms with Crippen molar-refractivity contribution in [2.24, 2.45) is 0 Å². The Labute approximate surface area is 255 Å². The smallest absolute Gasteiger partial charge is 0.264 e. The van der Waals surface area contributed by atoms with Crippen LogP contribution in [-0.4, -0.2) is 43.8 Å². The number of nitrogens with zero attached hydrogens (tertiary/aromatic N) is 2. The number of benzene rings is 3. The second-order valence-corrected chi connectivity index (χ2v) is 13.6. The van der Waals surface area contributed by atoms with Gasteiger partial charge in [-0.25, -0.2) is 12.8 Å². The molecule has 0 aromatic heterocycles. The van der Waals surface area contributed by atoms with E-state index in [0.29, 0.717) is 11.3 Å². The van der Waals surface area contributed by atoms with Gasteiger partial charge in [-0.3, -0.25) is 13.9 Å². The molecule has 1 atom stereocenters. The zero-order valence-corrected chi connectivity index (χ0v) is 26.2. The molecule has 3 aromatic carbocycles. The van der Waals surface area contributed by atoms with E-state index in [0.717, 1.165) is 47.5 Å². The van der Waals surface area contributed by atoms with Crippen LogP contribution < -0.4 is 9.62 Å². The normalized spacial score (nSPS) is 14.7. The second-order valence-electron chi connectivity index (χ2n) is 11.7. The highest BCUT2D eigenvalue weighted by Gasteiger charge is 2.33. The lowest BCUT2D eigenvalue weighted by Gasteiger charge is -2.33. The number of carbonyl (C=O) groups is 2. The molecule has 2 amide bonds. The number of rotatable bonds is 11. The first kappa shape index (κ1) is 32.2. The number of aryl methyl sites for hydroxylation is 1. The SMILES string of the molecule is Cc1ccc(S(=O)(=O)N(CC(=O)N(Cc2ccc(F)cc2)[C@@H](C)C(=O)NC2CCCCC2)c2ccc(C(C)C)cc2)cc1. The van der Waals surface area contributed by atoms with E-state index in [1.807, 2.05) is 32.9 Å². The number of nitrogens with one attached hydrogen (secondary N) is 1. The van der Waals surface area contributed by atoms with Crippen LogP contribution in [0.3, 0.4) is 0 Å². The lowest BCUT2D eigenvalue weighted by atomic mass is 9.95. The van der Waals surface area contributed by atoms with Crippen molar-refractivity contribution in [1.82, 2.24) is 10.2 Å². The molecule has 1 N–H and O–H groups in total. The van der Waals surface area contributed by atoms with Gasteiger partial charge >= 0.3 is 0 Å². The summed E-state index contributed by atoms with van der Waals surface area (Å²) in [6, 6.07) is 18.5. The molecule has 0 aliphatic heterocycles. The van der Waals surface area contributed by atoms with Gasteiger partial charge in [-0.15, -0.1) is 0 Å². The van der Waals surface area contributed by atoms with Gasteiger partial charge < -0.3 is 10.2 Å². The highest BCUT2D eigenvalue weighted by atomic mass is 32.2. The molecule has 1 fully saturated rings. The Morgan fingerprint density at radius 1 is 0.884 bits per heavy atom.